The maximum absolute atomic E-state index is 13.2. The molecule has 2 aromatic carbocycles. The van der Waals surface area contributed by atoms with Crippen LogP contribution in [0.15, 0.2) is 47.4 Å². The van der Waals surface area contributed by atoms with E-state index in [2.05, 4.69) is 5.32 Å². The zero-order chi connectivity index (χ0) is 21.9. The van der Waals surface area contributed by atoms with Crippen molar-refractivity contribution in [3.63, 3.8) is 0 Å². The summed E-state index contributed by atoms with van der Waals surface area (Å²) in [6, 6.07) is 10.5. The quantitative estimate of drug-likeness (QED) is 0.716. The van der Waals surface area contributed by atoms with Gasteiger partial charge < -0.3 is 15.1 Å². The summed E-state index contributed by atoms with van der Waals surface area (Å²) >= 11 is 1.39. The van der Waals surface area contributed by atoms with Crippen LogP contribution in [0.5, 0.6) is 0 Å². The average molecular weight is 437 g/mol. The Morgan fingerprint density at radius 3 is 2.53 bits per heavy atom. The SMILES string of the molecule is CCN(CC)c1ccc(C(F)(F)F)cc1NC(=O)CN1C(=O)CSc2ccccc21. The highest BCUT2D eigenvalue weighted by molar-refractivity contribution is 8.00. The number of halogens is 3. The molecule has 160 valence electrons. The van der Waals surface area contributed by atoms with Crippen molar-refractivity contribution in [2.24, 2.45) is 0 Å². The van der Waals surface area contributed by atoms with E-state index in [-0.39, 0.29) is 23.9 Å². The second-order valence-electron chi connectivity index (χ2n) is 6.69. The zero-order valence-electron chi connectivity index (χ0n) is 16.6. The van der Waals surface area contributed by atoms with Crippen LogP contribution in [0.2, 0.25) is 0 Å². The number of hydrogen-bond donors (Lipinski definition) is 1. The van der Waals surface area contributed by atoms with Crippen molar-refractivity contribution in [2.75, 3.05) is 40.5 Å². The average Bonchev–Trinajstić information content (AvgIpc) is 2.71. The monoisotopic (exact) mass is 437 g/mol. The number of rotatable bonds is 6. The van der Waals surface area contributed by atoms with E-state index in [1.54, 1.807) is 12.1 Å². The maximum Gasteiger partial charge on any atom is 0.416 e. The maximum atomic E-state index is 13.2. The molecular formula is C21H22F3N3O2S. The van der Waals surface area contributed by atoms with Gasteiger partial charge >= 0.3 is 6.18 Å². The largest absolute Gasteiger partial charge is 0.416 e. The molecule has 0 fully saturated rings. The molecule has 0 saturated carbocycles. The molecule has 0 aliphatic carbocycles. The van der Waals surface area contributed by atoms with E-state index in [4.69, 9.17) is 0 Å². The molecule has 2 amide bonds. The number of carbonyl (C=O) groups excluding carboxylic acids is 2. The molecule has 2 aromatic rings. The number of thioether (sulfide) groups is 1. The Labute approximate surface area is 177 Å². The summed E-state index contributed by atoms with van der Waals surface area (Å²) < 4.78 is 39.6. The predicted molar refractivity (Wildman–Crippen MR) is 113 cm³/mol. The van der Waals surface area contributed by atoms with Gasteiger partial charge in [0.25, 0.3) is 0 Å². The number of benzene rings is 2. The smallest absolute Gasteiger partial charge is 0.370 e. The molecule has 0 bridgehead atoms. The van der Waals surface area contributed by atoms with E-state index in [0.717, 1.165) is 17.0 Å². The number of nitrogens with zero attached hydrogens (tertiary/aromatic N) is 2. The standard InChI is InChI=1S/C21H22F3N3O2S/c1-3-26(4-2)16-10-9-14(21(22,23)24)11-15(16)25-19(28)12-27-17-7-5-6-8-18(17)30-13-20(27)29/h5-11H,3-4,12-13H2,1-2H3,(H,25,28). The molecule has 0 spiro atoms. The van der Waals surface area contributed by atoms with Gasteiger partial charge in [0.15, 0.2) is 0 Å². The molecule has 0 aromatic heterocycles. The number of para-hydroxylation sites is 1. The summed E-state index contributed by atoms with van der Waals surface area (Å²) in [4.78, 5) is 29.2. The third kappa shape index (κ3) is 4.72. The van der Waals surface area contributed by atoms with E-state index in [0.29, 0.717) is 24.5 Å². The van der Waals surface area contributed by atoms with Gasteiger partial charge in [0, 0.05) is 18.0 Å². The first-order valence-corrected chi connectivity index (χ1v) is 10.5. The minimum Gasteiger partial charge on any atom is -0.370 e. The third-order valence-electron chi connectivity index (χ3n) is 4.81. The highest BCUT2D eigenvalue weighted by atomic mass is 32.2. The minimum atomic E-state index is -4.53. The van der Waals surface area contributed by atoms with Crippen molar-refractivity contribution < 1.29 is 22.8 Å². The predicted octanol–water partition coefficient (Wildman–Crippen LogP) is 4.63. The lowest BCUT2D eigenvalue weighted by Gasteiger charge is -2.29. The van der Waals surface area contributed by atoms with Gasteiger partial charge in [-0.2, -0.15) is 13.2 Å². The van der Waals surface area contributed by atoms with Gasteiger partial charge in [-0.3, -0.25) is 9.59 Å². The molecular weight excluding hydrogens is 415 g/mol. The molecule has 9 heteroatoms. The molecule has 0 radical (unpaired) electrons. The summed E-state index contributed by atoms with van der Waals surface area (Å²) in [6.45, 7) is 4.63. The zero-order valence-corrected chi connectivity index (χ0v) is 17.4. The Bertz CT molecular complexity index is 945. The lowest BCUT2D eigenvalue weighted by Crippen LogP contribution is -2.41. The van der Waals surface area contributed by atoms with Gasteiger partial charge in [-0.05, 0) is 44.2 Å². The highest BCUT2D eigenvalue weighted by Crippen LogP contribution is 2.37. The number of carbonyl (C=O) groups is 2. The van der Waals surface area contributed by atoms with E-state index in [1.807, 2.05) is 30.9 Å². The number of nitrogens with one attached hydrogen (secondary N) is 1. The van der Waals surface area contributed by atoms with Crippen LogP contribution in [0.1, 0.15) is 19.4 Å². The van der Waals surface area contributed by atoms with Gasteiger partial charge in [0.2, 0.25) is 11.8 Å². The van der Waals surface area contributed by atoms with Crippen LogP contribution in [-0.4, -0.2) is 37.2 Å². The molecule has 5 nitrogen and oxygen atoms in total. The normalized spacial score (nSPS) is 13.8. The Morgan fingerprint density at radius 1 is 1.17 bits per heavy atom. The van der Waals surface area contributed by atoms with Crippen molar-refractivity contribution in [3.8, 4) is 0 Å². The summed E-state index contributed by atoms with van der Waals surface area (Å²) in [5, 5.41) is 2.59. The van der Waals surface area contributed by atoms with Crippen molar-refractivity contribution in [2.45, 2.75) is 24.9 Å². The molecule has 1 aliphatic rings. The molecule has 30 heavy (non-hydrogen) atoms. The van der Waals surface area contributed by atoms with Crippen LogP contribution in [0.25, 0.3) is 0 Å². The first-order chi connectivity index (χ1) is 14.2. The van der Waals surface area contributed by atoms with Gasteiger partial charge in [0.1, 0.15) is 6.54 Å². The summed E-state index contributed by atoms with van der Waals surface area (Å²) in [6.07, 6.45) is -4.53. The highest BCUT2D eigenvalue weighted by Gasteiger charge is 2.32. The number of hydrogen-bond acceptors (Lipinski definition) is 4. The molecule has 3 rings (SSSR count). The van der Waals surface area contributed by atoms with Gasteiger partial charge in [-0.25, -0.2) is 0 Å². The van der Waals surface area contributed by atoms with Gasteiger partial charge in [-0.1, -0.05) is 12.1 Å². The molecule has 1 heterocycles. The van der Waals surface area contributed by atoms with E-state index >= 15 is 0 Å². The topological polar surface area (TPSA) is 52.7 Å². The van der Waals surface area contributed by atoms with E-state index < -0.39 is 17.6 Å². The third-order valence-corrected chi connectivity index (χ3v) is 5.86. The van der Waals surface area contributed by atoms with E-state index in [1.165, 1.54) is 22.7 Å². The number of amides is 2. The lowest BCUT2D eigenvalue weighted by atomic mass is 10.1. The van der Waals surface area contributed by atoms with Crippen LogP contribution in [0, 0.1) is 0 Å². The number of fused-ring (bicyclic) bond motifs is 1. The molecule has 0 unspecified atom stereocenters. The fourth-order valence-electron chi connectivity index (χ4n) is 3.31. The summed E-state index contributed by atoms with van der Waals surface area (Å²) in [5.74, 6) is -0.571. The van der Waals surface area contributed by atoms with Crippen LogP contribution >= 0.6 is 11.8 Å². The van der Waals surface area contributed by atoms with Crippen LogP contribution in [0.3, 0.4) is 0 Å². The first kappa shape index (κ1) is 22.0. The Kier molecular flexibility index (Phi) is 6.60. The Hall–Kier alpha value is -2.68. The fraction of sp³-hybridized carbons (Fsp3) is 0.333. The second kappa shape index (κ2) is 8.99. The molecule has 1 N–H and O–H groups in total. The molecule has 1 aliphatic heterocycles. The van der Waals surface area contributed by atoms with E-state index in [9.17, 15) is 22.8 Å². The summed E-state index contributed by atoms with van der Waals surface area (Å²) in [5.41, 5.74) is 0.360. The van der Waals surface area contributed by atoms with Gasteiger partial charge in [0.05, 0.1) is 28.4 Å². The van der Waals surface area contributed by atoms with Crippen molar-refractivity contribution >= 4 is 40.6 Å². The summed E-state index contributed by atoms with van der Waals surface area (Å²) in [7, 11) is 0. The molecule has 0 atom stereocenters. The second-order valence-corrected chi connectivity index (χ2v) is 7.70. The van der Waals surface area contributed by atoms with Crippen LogP contribution in [0.4, 0.5) is 30.2 Å². The first-order valence-electron chi connectivity index (χ1n) is 9.52. The minimum absolute atomic E-state index is 0.0747. The van der Waals surface area contributed by atoms with Gasteiger partial charge in [-0.15, -0.1) is 11.8 Å². The van der Waals surface area contributed by atoms with Crippen molar-refractivity contribution in [1.29, 1.82) is 0 Å². The number of anilines is 3. The lowest BCUT2D eigenvalue weighted by molar-refractivity contribution is -0.137. The number of alkyl halides is 3. The Balaban J connectivity index is 1.88. The van der Waals surface area contributed by atoms with Crippen LogP contribution in [-0.2, 0) is 15.8 Å². The van der Waals surface area contributed by atoms with Crippen molar-refractivity contribution in [3.05, 3.63) is 48.0 Å². The van der Waals surface area contributed by atoms with Crippen LogP contribution < -0.4 is 15.1 Å². The Morgan fingerprint density at radius 2 is 1.87 bits per heavy atom. The van der Waals surface area contributed by atoms with Crippen molar-refractivity contribution in [1.82, 2.24) is 0 Å². The fourth-order valence-corrected chi connectivity index (χ4v) is 4.25. The molecule has 0 saturated heterocycles.